The van der Waals surface area contributed by atoms with Crippen LogP contribution in [0, 0.1) is 5.82 Å². The van der Waals surface area contributed by atoms with E-state index in [-0.39, 0.29) is 11.7 Å². The molecule has 0 spiro atoms. The molecule has 3 rings (SSSR count). The highest BCUT2D eigenvalue weighted by atomic mass is 19.1. The van der Waals surface area contributed by atoms with Crippen molar-refractivity contribution in [2.75, 3.05) is 5.32 Å². The fourth-order valence-corrected chi connectivity index (χ4v) is 1.94. The first kappa shape index (κ1) is 13.1. The second-order valence-electron chi connectivity index (χ2n) is 4.49. The van der Waals surface area contributed by atoms with Crippen LogP contribution in [0.15, 0.2) is 60.7 Å². The van der Waals surface area contributed by atoms with Crippen LogP contribution in [0.1, 0.15) is 10.4 Å². The summed E-state index contributed by atoms with van der Waals surface area (Å²) >= 11 is 0. The number of carbonyl (C=O) groups excluding carboxylic acids is 1. The Morgan fingerprint density at radius 1 is 1.05 bits per heavy atom. The van der Waals surface area contributed by atoms with Gasteiger partial charge in [-0.1, -0.05) is 18.2 Å². The van der Waals surface area contributed by atoms with E-state index in [2.05, 4.69) is 15.5 Å². The number of benzene rings is 2. The van der Waals surface area contributed by atoms with Gasteiger partial charge in [-0.2, -0.15) is 5.10 Å². The number of nitrogens with one attached hydrogen (secondary N) is 2. The van der Waals surface area contributed by atoms with Gasteiger partial charge in [-0.25, -0.2) is 4.39 Å². The molecule has 0 saturated carbocycles. The Morgan fingerprint density at radius 3 is 2.48 bits per heavy atom. The van der Waals surface area contributed by atoms with E-state index in [0.29, 0.717) is 17.1 Å². The summed E-state index contributed by atoms with van der Waals surface area (Å²) in [5.41, 5.74) is 2.06. The summed E-state index contributed by atoms with van der Waals surface area (Å²) in [6.45, 7) is 0. The molecule has 0 saturated heterocycles. The van der Waals surface area contributed by atoms with E-state index in [1.54, 1.807) is 42.5 Å². The Morgan fingerprint density at radius 2 is 1.76 bits per heavy atom. The molecule has 2 aromatic carbocycles. The summed E-state index contributed by atoms with van der Waals surface area (Å²) < 4.78 is 12.9. The van der Waals surface area contributed by atoms with Crippen molar-refractivity contribution in [1.29, 1.82) is 0 Å². The average molecular weight is 281 g/mol. The maximum absolute atomic E-state index is 12.9. The van der Waals surface area contributed by atoms with Crippen molar-refractivity contribution < 1.29 is 9.18 Å². The summed E-state index contributed by atoms with van der Waals surface area (Å²) in [5, 5.41) is 9.55. The van der Waals surface area contributed by atoms with E-state index in [4.69, 9.17) is 0 Å². The predicted molar refractivity (Wildman–Crippen MR) is 78.4 cm³/mol. The highest BCUT2D eigenvalue weighted by Crippen LogP contribution is 2.20. The third-order valence-electron chi connectivity index (χ3n) is 3.01. The first-order valence-corrected chi connectivity index (χ1v) is 6.40. The molecule has 1 heterocycles. The Balaban J connectivity index is 1.76. The number of aromatic amines is 1. The van der Waals surface area contributed by atoms with Gasteiger partial charge in [-0.15, -0.1) is 0 Å². The Bertz CT molecular complexity index is 751. The number of halogens is 1. The van der Waals surface area contributed by atoms with Crippen molar-refractivity contribution in [3.8, 4) is 11.3 Å². The van der Waals surface area contributed by atoms with Crippen molar-refractivity contribution in [2.45, 2.75) is 0 Å². The maximum atomic E-state index is 12.9. The molecule has 1 amide bonds. The van der Waals surface area contributed by atoms with Gasteiger partial charge in [0.05, 0.1) is 5.69 Å². The molecule has 104 valence electrons. The minimum absolute atomic E-state index is 0.229. The molecule has 4 nitrogen and oxygen atoms in total. The summed E-state index contributed by atoms with van der Waals surface area (Å²) in [7, 11) is 0. The minimum Gasteiger partial charge on any atom is -0.305 e. The number of hydrogen-bond acceptors (Lipinski definition) is 2. The molecule has 0 aliphatic carbocycles. The molecule has 0 aliphatic heterocycles. The zero-order chi connectivity index (χ0) is 14.7. The predicted octanol–water partition coefficient (Wildman–Crippen LogP) is 3.47. The standard InChI is InChI=1S/C16H12FN3O/c17-13-8-6-11(7-9-13)14-10-15(20-19-14)18-16(21)12-4-2-1-3-5-12/h1-10H,(H2,18,19,20,21). The van der Waals surface area contributed by atoms with Crippen LogP contribution in [0.5, 0.6) is 0 Å². The molecule has 21 heavy (non-hydrogen) atoms. The first-order valence-electron chi connectivity index (χ1n) is 6.40. The van der Waals surface area contributed by atoms with Crippen LogP contribution in [0.3, 0.4) is 0 Å². The van der Waals surface area contributed by atoms with Crippen molar-refractivity contribution in [1.82, 2.24) is 10.2 Å². The summed E-state index contributed by atoms with van der Waals surface area (Å²) in [6.07, 6.45) is 0. The third kappa shape index (κ3) is 2.97. The van der Waals surface area contributed by atoms with E-state index in [0.717, 1.165) is 5.56 Å². The molecule has 0 unspecified atom stereocenters. The fourth-order valence-electron chi connectivity index (χ4n) is 1.94. The number of carbonyl (C=O) groups is 1. The normalized spacial score (nSPS) is 10.3. The lowest BCUT2D eigenvalue weighted by atomic mass is 10.1. The van der Waals surface area contributed by atoms with Crippen molar-refractivity contribution in [3.05, 3.63) is 72.0 Å². The van der Waals surface area contributed by atoms with Crippen molar-refractivity contribution in [3.63, 3.8) is 0 Å². The van der Waals surface area contributed by atoms with Gasteiger partial charge in [0.25, 0.3) is 5.91 Å². The van der Waals surface area contributed by atoms with Gasteiger partial charge in [-0.3, -0.25) is 9.89 Å². The molecule has 5 heteroatoms. The molecule has 0 fully saturated rings. The van der Waals surface area contributed by atoms with Crippen LogP contribution in [0.25, 0.3) is 11.3 Å². The highest BCUT2D eigenvalue weighted by molar-refractivity contribution is 6.03. The lowest BCUT2D eigenvalue weighted by Gasteiger charge is -2.00. The molecule has 2 N–H and O–H groups in total. The Labute approximate surface area is 120 Å². The second-order valence-corrected chi connectivity index (χ2v) is 4.49. The number of nitrogens with zero attached hydrogens (tertiary/aromatic N) is 1. The largest absolute Gasteiger partial charge is 0.305 e. The minimum atomic E-state index is -0.295. The number of hydrogen-bond donors (Lipinski definition) is 2. The molecular formula is C16H12FN3O. The van der Waals surface area contributed by atoms with E-state index < -0.39 is 0 Å². The smallest absolute Gasteiger partial charge is 0.256 e. The molecular weight excluding hydrogens is 269 g/mol. The quantitative estimate of drug-likeness (QED) is 0.772. The second kappa shape index (κ2) is 5.58. The number of anilines is 1. The van der Waals surface area contributed by atoms with Crippen LogP contribution >= 0.6 is 0 Å². The van der Waals surface area contributed by atoms with E-state index in [1.165, 1.54) is 12.1 Å². The van der Waals surface area contributed by atoms with Crippen LogP contribution in [0.4, 0.5) is 10.2 Å². The zero-order valence-corrected chi connectivity index (χ0v) is 11.0. The summed E-state index contributed by atoms with van der Waals surface area (Å²) in [4.78, 5) is 12.0. The monoisotopic (exact) mass is 281 g/mol. The van der Waals surface area contributed by atoms with Gasteiger partial charge in [-0.05, 0) is 42.0 Å². The van der Waals surface area contributed by atoms with Gasteiger partial charge < -0.3 is 5.32 Å². The molecule has 0 aliphatic rings. The van der Waals surface area contributed by atoms with Gasteiger partial charge in [0, 0.05) is 11.6 Å². The van der Waals surface area contributed by atoms with Crippen molar-refractivity contribution >= 4 is 11.7 Å². The number of rotatable bonds is 3. The first-order chi connectivity index (χ1) is 10.2. The topological polar surface area (TPSA) is 57.8 Å². The average Bonchev–Trinajstić information content (AvgIpc) is 2.97. The fraction of sp³-hybridized carbons (Fsp3) is 0. The van der Waals surface area contributed by atoms with E-state index >= 15 is 0 Å². The van der Waals surface area contributed by atoms with Crippen LogP contribution in [-0.2, 0) is 0 Å². The maximum Gasteiger partial charge on any atom is 0.256 e. The summed E-state index contributed by atoms with van der Waals surface area (Å²) in [5.74, 6) is -0.105. The molecule has 0 atom stereocenters. The van der Waals surface area contributed by atoms with Gasteiger partial charge in [0.15, 0.2) is 5.82 Å². The Kier molecular flexibility index (Phi) is 3.47. The lowest BCUT2D eigenvalue weighted by molar-refractivity contribution is 0.102. The van der Waals surface area contributed by atoms with Crippen LogP contribution < -0.4 is 5.32 Å². The molecule has 3 aromatic rings. The number of amides is 1. The van der Waals surface area contributed by atoms with E-state index in [9.17, 15) is 9.18 Å². The molecule has 1 aromatic heterocycles. The Hall–Kier alpha value is -2.95. The summed E-state index contributed by atoms with van der Waals surface area (Å²) in [6, 6.07) is 16.6. The lowest BCUT2D eigenvalue weighted by Crippen LogP contribution is -2.11. The van der Waals surface area contributed by atoms with Crippen LogP contribution in [0.2, 0.25) is 0 Å². The SMILES string of the molecule is O=C(Nc1cc(-c2ccc(F)cc2)[nH]n1)c1ccccc1. The zero-order valence-electron chi connectivity index (χ0n) is 11.0. The number of H-pyrrole nitrogens is 1. The van der Waals surface area contributed by atoms with Crippen LogP contribution in [-0.4, -0.2) is 16.1 Å². The number of aromatic nitrogens is 2. The highest BCUT2D eigenvalue weighted by Gasteiger charge is 2.09. The van der Waals surface area contributed by atoms with Gasteiger partial charge in [0.2, 0.25) is 0 Å². The molecule has 0 radical (unpaired) electrons. The van der Waals surface area contributed by atoms with Gasteiger partial charge >= 0.3 is 0 Å². The van der Waals surface area contributed by atoms with Crippen molar-refractivity contribution in [2.24, 2.45) is 0 Å². The van der Waals surface area contributed by atoms with Gasteiger partial charge in [0.1, 0.15) is 5.82 Å². The molecule has 0 bridgehead atoms. The third-order valence-corrected chi connectivity index (χ3v) is 3.01. The van der Waals surface area contributed by atoms with E-state index in [1.807, 2.05) is 6.07 Å².